The molecule has 5 heteroatoms. The van der Waals surface area contributed by atoms with Crippen LogP contribution in [0.4, 0.5) is 0 Å². The van der Waals surface area contributed by atoms with Gasteiger partial charge in [0.1, 0.15) is 0 Å². The van der Waals surface area contributed by atoms with Gasteiger partial charge < -0.3 is 14.7 Å². The molecule has 1 aromatic heterocycles. The van der Waals surface area contributed by atoms with Crippen LogP contribution in [0.2, 0.25) is 5.02 Å². The van der Waals surface area contributed by atoms with Crippen LogP contribution in [0.3, 0.4) is 0 Å². The van der Waals surface area contributed by atoms with Gasteiger partial charge in [0.25, 0.3) is 0 Å². The van der Waals surface area contributed by atoms with E-state index in [1.54, 1.807) is 0 Å². The number of fused-ring (bicyclic) bond motifs is 1. The lowest BCUT2D eigenvalue weighted by Gasteiger charge is -2.38. The predicted octanol–water partition coefficient (Wildman–Crippen LogP) is 9.24. The summed E-state index contributed by atoms with van der Waals surface area (Å²) in [4.78, 5) is 12.0. The average Bonchev–Trinajstić information content (AvgIpc) is 3.52. The highest BCUT2D eigenvalue weighted by molar-refractivity contribution is 6.35. The number of halogens is 1. The molecule has 1 aliphatic carbocycles. The van der Waals surface area contributed by atoms with Crippen molar-refractivity contribution in [1.29, 1.82) is 0 Å². The highest BCUT2D eigenvalue weighted by atomic mass is 35.5. The lowest BCUT2D eigenvalue weighted by molar-refractivity contribution is 0.215. The number of hydrogen-bond donors (Lipinski definition) is 0. The summed E-state index contributed by atoms with van der Waals surface area (Å²) in [5.74, 6) is 0. The fourth-order valence-corrected chi connectivity index (χ4v) is 5.18. The van der Waals surface area contributed by atoms with Crippen LogP contribution >= 0.6 is 11.6 Å². The standard InChI is InChI=1S/C28H35ClN4.C4H10.C2H6/c1-6-22(19-31(5)24-9-7-8-10-24)27-18-26(29)25-12-11-23(17-28(25)30-27)21(4)33-15-13-32(14-16-33)20(2)3;1-3-4-2;1-2/h6,11-12,17-19,24H,1-2,4,7-10,13-16H2,3,5H3;3-4H2,1-2H3;1-2H3/b22-19+;;. The third kappa shape index (κ3) is 8.89. The van der Waals surface area contributed by atoms with Crippen molar-refractivity contribution < 1.29 is 0 Å². The Balaban J connectivity index is 0.000000815. The first-order chi connectivity index (χ1) is 18.8. The number of pyridine rings is 1. The third-order valence-electron chi connectivity index (χ3n) is 7.55. The maximum absolute atomic E-state index is 6.69. The maximum Gasteiger partial charge on any atom is 0.0738 e. The minimum atomic E-state index is 0.594. The van der Waals surface area contributed by atoms with Gasteiger partial charge in [0.2, 0.25) is 0 Å². The summed E-state index contributed by atoms with van der Waals surface area (Å²) in [6.45, 7) is 26.8. The van der Waals surface area contributed by atoms with Crippen molar-refractivity contribution in [1.82, 2.24) is 19.7 Å². The summed E-state index contributed by atoms with van der Waals surface area (Å²) in [7, 11) is 2.15. The summed E-state index contributed by atoms with van der Waals surface area (Å²) < 4.78 is 0. The van der Waals surface area contributed by atoms with Crippen molar-refractivity contribution in [3.63, 3.8) is 0 Å². The molecule has 2 aromatic rings. The van der Waals surface area contributed by atoms with Gasteiger partial charge in [-0.1, -0.05) is 103 Å². The molecule has 0 N–H and O–H groups in total. The van der Waals surface area contributed by atoms with Crippen LogP contribution in [0.25, 0.3) is 22.2 Å². The molecule has 2 heterocycles. The zero-order chi connectivity index (χ0) is 28.9. The predicted molar refractivity (Wildman–Crippen MR) is 174 cm³/mol. The van der Waals surface area contributed by atoms with Crippen molar-refractivity contribution in [2.45, 2.75) is 79.2 Å². The fourth-order valence-electron chi connectivity index (χ4n) is 4.91. The smallest absolute Gasteiger partial charge is 0.0738 e. The second-order valence-electron chi connectivity index (χ2n) is 10.3. The molecule has 1 saturated carbocycles. The number of piperazine rings is 1. The maximum atomic E-state index is 6.69. The van der Waals surface area contributed by atoms with Crippen molar-refractivity contribution in [2.24, 2.45) is 0 Å². The van der Waals surface area contributed by atoms with E-state index in [-0.39, 0.29) is 0 Å². The molecule has 0 unspecified atom stereocenters. The quantitative estimate of drug-likeness (QED) is 0.305. The van der Waals surface area contributed by atoms with Crippen LogP contribution < -0.4 is 0 Å². The molecule has 0 amide bonds. The van der Waals surface area contributed by atoms with Crippen LogP contribution in [-0.2, 0) is 0 Å². The highest BCUT2D eigenvalue weighted by Gasteiger charge is 2.20. The molecular formula is C34H51ClN4. The van der Waals surface area contributed by atoms with E-state index in [2.05, 4.69) is 86.7 Å². The summed E-state index contributed by atoms with van der Waals surface area (Å²) in [5.41, 5.74) is 5.97. The van der Waals surface area contributed by atoms with Gasteiger partial charge in [0, 0.05) is 67.8 Å². The molecule has 0 atom stereocenters. The Bertz CT molecular complexity index is 1120. The normalized spacial score (nSPS) is 15.7. The topological polar surface area (TPSA) is 22.6 Å². The first kappa shape index (κ1) is 32.5. The Kier molecular flexibility index (Phi) is 13.7. The monoisotopic (exact) mass is 550 g/mol. The lowest BCUT2D eigenvalue weighted by Crippen LogP contribution is -2.44. The summed E-state index contributed by atoms with van der Waals surface area (Å²) in [6, 6.07) is 8.81. The van der Waals surface area contributed by atoms with E-state index < -0.39 is 0 Å². The molecule has 4 rings (SSSR count). The van der Waals surface area contributed by atoms with Gasteiger partial charge in [0.15, 0.2) is 0 Å². The van der Waals surface area contributed by atoms with Crippen molar-refractivity contribution in [3.8, 4) is 0 Å². The van der Waals surface area contributed by atoms with E-state index in [1.165, 1.54) is 38.5 Å². The van der Waals surface area contributed by atoms with Crippen molar-refractivity contribution in [3.05, 3.63) is 78.3 Å². The third-order valence-corrected chi connectivity index (χ3v) is 7.87. The Hall–Kier alpha value is -2.72. The molecule has 2 fully saturated rings. The summed E-state index contributed by atoms with van der Waals surface area (Å²) >= 11 is 6.69. The van der Waals surface area contributed by atoms with Gasteiger partial charge in [-0.15, -0.1) is 0 Å². The molecule has 1 saturated heterocycles. The van der Waals surface area contributed by atoms with Gasteiger partial charge in [-0.3, -0.25) is 0 Å². The van der Waals surface area contributed by atoms with E-state index in [9.17, 15) is 0 Å². The Morgan fingerprint density at radius 3 is 2.15 bits per heavy atom. The van der Waals surface area contributed by atoms with Gasteiger partial charge in [-0.2, -0.15) is 0 Å². The number of rotatable bonds is 8. The Labute approximate surface area is 243 Å². The zero-order valence-corrected chi connectivity index (χ0v) is 26.2. The number of benzene rings is 1. The zero-order valence-electron chi connectivity index (χ0n) is 25.4. The molecular weight excluding hydrogens is 500 g/mol. The molecule has 1 aromatic carbocycles. The molecule has 1 aliphatic heterocycles. The van der Waals surface area contributed by atoms with Crippen LogP contribution in [-0.4, -0.2) is 59.0 Å². The first-order valence-corrected chi connectivity index (χ1v) is 15.2. The van der Waals surface area contributed by atoms with Crippen molar-refractivity contribution >= 4 is 33.8 Å². The van der Waals surface area contributed by atoms with Gasteiger partial charge in [0.05, 0.1) is 16.2 Å². The summed E-state index contributed by atoms with van der Waals surface area (Å²) in [6.07, 6.45) is 11.8. The van der Waals surface area contributed by atoms with E-state index >= 15 is 0 Å². The van der Waals surface area contributed by atoms with Gasteiger partial charge >= 0.3 is 0 Å². The second-order valence-corrected chi connectivity index (χ2v) is 10.7. The average molecular weight is 551 g/mol. The highest BCUT2D eigenvalue weighted by Crippen LogP contribution is 2.31. The molecule has 0 spiro atoms. The number of nitrogens with zero attached hydrogens (tertiary/aromatic N) is 4. The Morgan fingerprint density at radius 2 is 1.62 bits per heavy atom. The van der Waals surface area contributed by atoms with E-state index in [0.717, 1.165) is 65.3 Å². The minimum Gasteiger partial charge on any atom is -0.377 e. The van der Waals surface area contributed by atoms with Gasteiger partial charge in [-0.25, -0.2) is 4.98 Å². The fraction of sp³-hybridized carbons (Fsp3) is 0.500. The minimum absolute atomic E-state index is 0.594. The van der Waals surface area contributed by atoms with Crippen LogP contribution in [0.5, 0.6) is 0 Å². The number of aromatic nitrogens is 1. The second kappa shape index (κ2) is 16.4. The molecule has 214 valence electrons. The molecule has 0 radical (unpaired) electrons. The Morgan fingerprint density at radius 1 is 1.03 bits per heavy atom. The SMILES string of the molecule is C=C/C(=C\N(C)C1CCCC1)c1cc(Cl)c2ccc(C(=C)N3CCN(C(=C)C)CC3)cc2n1.CC.CCCC. The van der Waals surface area contributed by atoms with Crippen LogP contribution in [0.1, 0.15) is 84.4 Å². The summed E-state index contributed by atoms with van der Waals surface area (Å²) in [5, 5.41) is 1.66. The number of allylic oxidation sites excluding steroid dienone is 3. The van der Waals surface area contributed by atoms with Crippen LogP contribution in [0.15, 0.2) is 62.0 Å². The van der Waals surface area contributed by atoms with E-state index in [1.807, 2.05) is 26.0 Å². The number of unbranched alkanes of at least 4 members (excludes halogenated alkanes) is 1. The first-order valence-electron chi connectivity index (χ1n) is 14.8. The number of hydrogen-bond acceptors (Lipinski definition) is 4. The molecule has 4 nitrogen and oxygen atoms in total. The lowest BCUT2D eigenvalue weighted by atomic mass is 10.1. The largest absolute Gasteiger partial charge is 0.377 e. The van der Waals surface area contributed by atoms with Crippen molar-refractivity contribution in [2.75, 3.05) is 33.2 Å². The molecule has 2 aliphatic rings. The van der Waals surface area contributed by atoms with Gasteiger partial charge in [-0.05, 0) is 37.5 Å². The van der Waals surface area contributed by atoms with E-state index in [0.29, 0.717) is 11.1 Å². The van der Waals surface area contributed by atoms with Crippen LogP contribution in [0, 0.1) is 0 Å². The molecule has 39 heavy (non-hydrogen) atoms. The molecule has 0 bridgehead atoms. The van der Waals surface area contributed by atoms with E-state index in [4.69, 9.17) is 16.6 Å².